The first-order valence-corrected chi connectivity index (χ1v) is 8.83. The minimum atomic E-state index is -0.673. The normalized spacial score (nSPS) is 22.6. The number of methoxy groups -OCH3 is 2. The number of rotatable bonds is 5. The average molecular weight is 344 g/mol. The molecule has 1 aromatic carbocycles. The van der Waals surface area contributed by atoms with Gasteiger partial charge in [-0.3, -0.25) is 4.98 Å². The van der Waals surface area contributed by atoms with Crippen LogP contribution in [0.2, 0.25) is 0 Å². The highest BCUT2D eigenvalue weighted by molar-refractivity contribution is 5.93. The number of ether oxygens (including phenoxy) is 2. The number of hydrogen-bond acceptors (Lipinski definition) is 5. The van der Waals surface area contributed by atoms with Crippen LogP contribution in [0.5, 0.6) is 11.5 Å². The zero-order valence-corrected chi connectivity index (χ0v) is 15.6. The largest absolute Gasteiger partial charge is 0.493 e. The summed E-state index contributed by atoms with van der Waals surface area (Å²) in [4.78, 5) is 4.42. The summed E-state index contributed by atoms with van der Waals surface area (Å²) in [5.74, 6) is 1.33. The Bertz CT molecular complexity index is 760. The van der Waals surface area contributed by atoms with Crippen molar-refractivity contribution in [1.29, 1.82) is 0 Å². The summed E-state index contributed by atoms with van der Waals surface area (Å²) in [5.41, 5.74) is 1.29. The summed E-state index contributed by atoms with van der Waals surface area (Å²) in [5, 5.41) is 15.4. The van der Waals surface area contributed by atoms with Crippen LogP contribution < -0.4 is 14.8 Å². The van der Waals surface area contributed by atoms with E-state index >= 15 is 0 Å². The predicted octanol–water partition coefficient (Wildman–Crippen LogP) is 4.00. The Kier molecular flexibility index (Phi) is 4.78. The lowest BCUT2D eigenvalue weighted by Crippen LogP contribution is -2.44. The monoisotopic (exact) mass is 344 g/mol. The van der Waals surface area contributed by atoms with E-state index in [1.165, 1.54) is 6.42 Å². The molecule has 1 unspecified atom stereocenters. The van der Waals surface area contributed by atoms with Gasteiger partial charge in [-0.25, -0.2) is 0 Å². The van der Waals surface area contributed by atoms with Crippen molar-refractivity contribution in [3.8, 4) is 11.5 Å². The zero-order valence-electron chi connectivity index (χ0n) is 15.6. The molecule has 0 saturated heterocycles. The summed E-state index contributed by atoms with van der Waals surface area (Å²) in [6.45, 7) is 5.00. The Morgan fingerprint density at radius 1 is 1.16 bits per heavy atom. The van der Waals surface area contributed by atoms with E-state index in [9.17, 15) is 5.11 Å². The number of pyridine rings is 1. The van der Waals surface area contributed by atoms with Crippen molar-refractivity contribution in [1.82, 2.24) is 4.98 Å². The Morgan fingerprint density at radius 3 is 2.56 bits per heavy atom. The van der Waals surface area contributed by atoms with Crippen molar-refractivity contribution in [2.45, 2.75) is 45.1 Å². The fourth-order valence-corrected chi connectivity index (χ4v) is 4.00. The number of aliphatic hydroxyl groups is 1. The average Bonchev–Trinajstić information content (AvgIpc) is 2.57. The van der Waals surface area contributed by atoms with Crippen LogP contribution in [0, 0.1) is 5.41 Å². The van der Waals surface area contributed by atoms with E-state index in [1.54, 1.807) is 20.4 Å². The van der Waals surface area contributed by atoms with Crippen molar-refractivity contribution < 1.29 is 14.6 Å². The maximum atomic E-state index is 11.0. The molecule has 0 spiro atoms. The van der Waals surface area contributed by atoms with E-state index in [0.29, 0.717) is 18.0 Å². The highest BCUT2D eigenvalue weighted by atomic mass is 16.5. The van der Waals surface area contributed by atoms with Gasteiger partial charge >= 0.3 is 0 Å². The molecule has 5 nitrogen and oxygen atoms in total. The minimum Gasteiger partial charge on any atom is -0.493 e. The van der Waals surface area contributed by atoms with E-state index in [4.69, 9.17) is 9.47 Å². The predicted molar refractivity (Wildman–Crippen MR) is 101 cm³/mol. The van der Waals surface area contributed by atoms with E-state index in [0.717, 1.165) is 35.9 Å². The fraction of sp³-hybridized carbons (Fsp3) is 0.550. The van der Waals surface area contributed by atoms with Gasteiger partial charge in [-0.15, -0.1) is 0 Å². The molecule has 5 heteroatoms. The molecule has 3 rings (SSSR count). The van der Waals surface area contributed by atoms with Crippen LogP contribution in [0.3, 0.4) is 0 Å². The zero-order chi connectivity index (χ0) is 18.1. The smallest absolute Gasteiger partial charge is 0.162 e. The van der Waals surface area contributed by atoms with Gasteiger partial charge in [0.15, 0.2) is 11.5 Å². The first-order chi connectivity index (χ1) is 11.9. The van der Waals surface area contributed by atoms with Gasteiger partial charge in [0.25, 0.3) is 0 Å². The van der Waals surface area contributed by atoms with Gasteiger partial charge in [-0.1, -0.05) is 13.8 Å². The second kappa shape index (κ2) is 6.71. The fourth-order valence-electron chi connectivity index (χ4n) is 4.00. The maximum Gasteiger partial charge on any atom is 0.162 e. The minimum absolute atomic E-state index is 0.186. The number of anilines is 1. The Hall–Kier alpha value is -2.01. The molecular weight excluding hydrogens is 316 g/mol. The van der Waals surface area contributed by atoms with Gasteiger partial charge in [0.1, 0.15) is 0 Å². The third kappa shape index (κ3) is 3.82. The maximum absolute atomic E-state index is 11.0. The molecule has 2 aromatic rings. The lowest BCUT2D eigenvalue weighted by molar-refractivity contribution is -0.0278. The summed E-state index contributed by atoms with van der Waals surface area (Å²) < 4.78 is 10.8. The Morgan fingerprint density at radius 2 is 1.88 bits per heavy atom. The van der Waals surface area contributed by atoms with Crippen LogP contribution in [0.15, 0.2) is 24.4 Å². The molecule has 1 aliphatic rings. The van der Waals surface area contributed by atoms with Gasteiger partial charge < -0.3 is 19.9 Å². The SMILES string of the molecule is COc1cc2nccc(NCC3(O)CCCC(C)(C)C3)c2cc1OC. The van der Waals surface area contributed by atoms with Crippen molar-refractivity contribution in [2.24, 2.45) is 5.41 Å². The molecule has 1 saturated carbocycles. The molecule has 136 valence electrons. The molecule has 0 radical (unpaired) electrons. The molecule has 2 N–H and O–H groups in total. The quantitative estimate of drug-likeness (QED) is 0.858. The van der Waals surface area contributed by atoms with E-state index in [-0.39, 0.29) is 5.41 Å². The van der Waals surface area contributed by atoms with Crippen molar-refractivity contribution in [3.05, 3.63) is 24.4 Å². The molecular formula is C20H28N2O3. The number of nitrogens with zero attached hydrogens (tertiary/aromatic N) is 1. The number of nitrogens with one attached hydrogen (secondary N) is 1. The summed E-state index contributed by atoms with van der Waals surface area (Å²) in [7, 11) is 3.24. The van der Waals surface area contributed by atoms with Crippen molar-refractivity contribution in [3.63, 3.8) is 0 Å². The van der Waals surface area contributed by atoms with Gasteiger partial charge in [-0.05, 0) is 43.2 Å². The summed E-state index contributed by atoms with van der Waals surface area (Å²) in [6.07, 6.45) is 5.65. The highest BCUT2D eigenvalue weighted by Gasteiger charge is 2.38. The first kappa shape index (κ1) is 17.8. The molecule has 0 bridgehead atoms. The molecule has 1 aromatic heterocycles. The third-order valence-electron chi connectivity index (χ3n) is 5.16. The molecule has 1 atom stereocenters. The molecule has 0 aliphatic heterocycles. The highest BCUT2D eigenvalue weighted by Crippen LogP contribution is 2.41. The van der Waals surface area contributed by atoms with Gasteiger partial charge in [-0.2, -0.15) is 0 Å². The Labute approximate surface area is 149 Å². The number of hydrogen-bond donors (Lipinski definition) is 2. The van der Waals surface area contributed by atoms with Crippen LogP contribution in [0.25, 0.3) is 10.9 Å². The summed E-state index contributed by atoms with van der Waals surface area (Å²) >= 11 is 0. The van der Waals surface area contributed by atoms with Crippen LogP contribution >= 0.6 is 0 Å². The topological polar surface area (TPSA) is 63.6 Å². The van der Waals surface area contributed by atoms with Crippen LogP contribution in [0.1, 0.15) is 39.5 Å². The van der Waals surface area contributed by atoms with Crippen LogP contribution in [-0.2, 0) is 0 Å². The van der Waals surface area contributed by atoms with Crippen LogP contribution in [-0.4, -0.2) is 36.5 Å². The van der Waals surface area contributed by atoms with Crippen molar-refractivity contribution in [2.75, 3.05) is 26.1 Å². The van der Waals surface area contributed by atoms with E-state index in [2.05, 4.69) is 24.1 Å². The van der Waals surface area contributed by atoms with Crippen molar-refractivity contribution >= 4 is 16.6 Å². The third-order valence-corrected chi connectivity index (χ3v) is 5.16. The van der Waals surface area contributed by atoms with Crippen LogP contribution in [0.4, 0.5) is 5.69 Å². The molecule has 1 heterocycles. The van der Waals surface area contributed by atoms with Gasteiger partial charge in [0.2, 0.25) is 0 Å². The van der Waals surface area contributed by atoms with Gasteiger partial charge in [0.05, 0.1) is 25.3 Å². The van der Waals surface area contributed by atoms with Gasteiger partial charge in [0, 0.05) is 29.9 Å². The second-order valence-corrected chi connectivity index (χ2v) is 7.86. The standard InChI is InChI=1S/C20H28N2O3/c1-19(2)7-5-8-20(23,12-19)13-22-15-6-9-21-16-11-18(25-4)17(24-3)10-14(15)16/h6,9-11,23H,5,7-8,12-13H2,1-4H3,(H,21,22). The number of aromatic nitrogens is 1. The Balaban J connectivity index is 1.86. The molecule has 0 amide bonds. The molecule has 1 aliphatic carbocycles. The number of fused-ring (bicyclic) bond motifs is 1. The molecule has 1 fully saturated rings. The van der Waals surface area contributed by atoms with E-state index < -0.39 is 5.60 Å². The van der Waals surface area contributed by atoms with E-state index in [1.807, 2.05) is 18.2 Å². The number of benzene rings is 1. The summed E-state index contributed by atoms with van der Waals surface area (Å²) in [6, 6.07) is 5.74. The second-order valence-electron chi connectivity index (χ2n) is 7.86. The lowest BCUT2D eigenvalue weighted by atomic mass is 9.70. The first-order valence-electron chi connectivity index (χ1n) is 8.83. The molecule has 25 heavy (non-hydrogen) atoms. The lowest BCUT2D eigenvalue weighted by Gasteiger charge is -2.41.